The highest BCUT2D eigenvalue weighted by Crippen LogP contribution is 2.28. The molecule has 1 atom stereocenters. The first-order chi connectivity index (χ1) is 7.53. The number of hydrogen-bond acceptors (Lipinski definition) is 4. The van der Waals surface area contributed by atoms with Crippen molar-refractivity contribution in [1.29, 1.82) is 0 Å². The van der Waals surface area contributed by atoms with Gasteiger partial charge in [0.05, 0.1) is 13.2 Å². The summed E-state index contributed by atoms with van der Waals surface area (Å²) in [5.41, 5.74) is 5.40. The third-order valence-corrected chi connectivity index (χ3v) is 3.09. The third kappa shape index (κ3) is 6.43. The van der Waals surface area contributed by atoms with Crippen molar-refractivity contribution in [3.63, 3.8) is 0 Å². The molecular formula is C12H26N2O2. The number of likely N-dealkylation sites (N-methyl/N-ethyl adjacent to an activating group) is 1. The van der Waals surface area contributed by atoms with E-state index in [2.05, 4.69) is 11.9 Å². The van der Waals surface area contributed by atoms with E-state index >= 15 is 0 Å². The Morgan fingerprint density at radius 3 is 2.69 bits per heavy atom. The molecule has 0 heterocycles. The maximum atomic E-state index is 9.02. The third-order valence-electron chi connectivity index (χ3n) is 3.09. The minimum atomic E-state index is -0.455. The predicted octanol–water partition coefficient (Wildman–Crippen LogP) is 0.445. The maximum Gasteiger partial charge on any atom is 0.0608 e. The second kappa shape index (κ2) is 6.55. The number of ether oxygens (including phenoxy) is 1. The van der Waals surface area contributed by atoms with Crippen LogP contribution in [0.4, 0.5) is 0 Å². The van der Waals surface area contributed by atoms with Crippen molar-refractivity contribution in [2.24, 2.45) is 11.7 Å². The van der Waals surface area contributed by atoms with Crippen molar-refractivity contribution in [1.82, 2.24) is 4.90 Å². The van der Waals surface area contributed by atoms with Crippen LogP contribution in [0.1, 0.15) is 26.2 Å². The topological polar surface area (TPSA) is 58.7 Å². The average molecular weight is 230 g/mol. The Morgan fingerprint density at radius 1 is 1.44 bits per heavy atom. The fraction of sp³-hybridized carbons (Fsp3) is 1.00. The fourth-order valence-corrected chi connectivity index (χ4v) is 1.39. The van der Waals surface area contributed by atoms with E-state index in [0.717, 1.165) is 38.6 Å². The summed E-state index contributed by atoms with van der Waals surface area (Å²) in [4.78, 5) is 2.20. The Morgan fingerprint density at radius 2 is 2.12 bits per heavy atom. The molecular weight excluding hydrogens is 204 g/mol. The van der Waals surface area contributed by atoms with Gasteiger partial charge in [-0.2, -0.15) is 0 Å². The minimum Gasteiger partial charge on any atom is -0.394 e. The summed E-state index contributed by atoms with van der Waals surface area (Å²) in [6.45, 7) is 5.49. The van der Waals surface area contributed by atoms with Crippen molar-refractivity contribution in [2.75, 3.05) is 40.0 Å². The Kier molecular flexibility index (Phi) is 5.69. The van der Waals surface area contributed by atoms with Crippen LogP contribution in [-0.2, 0) is 4.74 Å². The zero-order valence-electron chi connectivity index (χ0n) is 10.6. The van der Waals surface area contributed by atoms with Crippen LogP contribution in [0.15, 0.2) is 0 Å². The number of aliphatic hydroxyl groups is 1. The molecule has 4 heteroatoms. The first kappa shape index (κ1) is 13.9. The SMILES string of the molecule is CN(CCOCC1CC1)CCC(C)(N)CO. The van der Waals surface area contributed by atoms with Gasteiger partial charge in [0.1, 0.15) is 0 Å². The largest absolute Gasteiger partial charge is 0.394 e. The summed E-state index contributed by atoms with van der Waals surface area (Å²) in [6.07, 6.45) is 3.50. The number of hydrogen-bond donors (Lipinski definition) is 2. The smallest absolute Gasteiger partial charge is 0.0608 e. The first-order valence-electron chi connectivity index (χ1n) is 6.19. The van der Waals surface area contributed by atoms with Crippen LogP contribution in [0.25, 0.3) is 0 Å². The van der Waals surface area contributed by atoms with Crippen molar-refractivity contribution in [2.45, 2.75) is 31.7 Å². The van der Waals surface area contributed by atoms with E-state index in [9.17, 15) is 0 Å². The number of rotatable bonds is 9. The van der Waals surface area contributed by atoms with Gasteiger partial charge in [0, 0.05) is 18.7 Å². The number of nitrogens with two attached hydrogens (primary N) is 1. The average Bonchev–Trinajstić information content (AvgIpc) is 3.06. The lowest BCUT2D eigenvalue weighted by atomic mass is 10.0. The van der Waals surface area contributed by atoms with E-state index in [1.165, 1.54) is 12.8 Å². The molecule has 0 saturated heterocycles. The van der Waals surface area contributed by atoms with Crippen molar-refractivity contribution in [3.8, 4) is 0 Å². The van der Waals surface area contributed by atoms with Crippen molar-refractivity contribution < 1.29 is 9.84 Å². The van der Waals surface area contributed by atoms with Gasteiger partial charge < -0.3 is 20.5 Å². The van der Waals surface area contributed by atoms with E-state index in [4.69, 9.17) is 15.6 Å². The molecule has 16 heavy (non-hydrogen) atoms. The van der Waals surface area contributed by atoms with E-state index in [-0.39, 0.29) is 6.61 Å². The summed E-state index contributed by atoms with van der Waals surface area (Å²) >= 11 is 0. The Balaban J connectivity index is 1.94. The Bertz CT molecular complexity index is 193. The lowest BCUT2D eigenvalue weighted by molar-refractivity contribution is 0.0992. The number of aliphatic hydroxyl groups excluding tert-OH is 1. The molecule has 0 bridgehead atoms. The van der Waals surface area contributed by atoms with Crippen LogP contribution in [0, 0.1) is 5.92 Å². The monoisotopic (exact) mass is 230 g/mol. The van der Waals surface area contributed by atoms with Gasteiger partial charge in [0.25, 0.3) is 0 Å². The lowest BCUT2D eigenvalue weighted by Crippen LogP contribution is -2.43. The highest BCUT2D eigenvalue weighted by Gasteiger charge is 2.21. The summed E-state index contributed by atoms with van der Waals surface area (Å²) < 4.78 is 5.56. The second-order valence-corrected chi connectivity index (χ2v) is 5.38. The summed E-state index contributed by atoms with van der Waals surface area (Å²) in [5.74, 6) is 0.840. The molecule has 0 aromatic carbocycles. The first-order valence-corrected chi connectivity index (χ1v) is 6.19. The van der Waals surface area contributed by atoms with Gasteiger partial charge in [-0.05, 0) is 45.7 Å². The van der Waals surface area contributed by atoms with Gasteiger partial charge in [-0.3, -0.25) is 0 Å². The molecule has 96 valence electrons. The van der Waals surface area contributed by atoms with E-state index in [0.29, 0.717) is 0 Å². The van der Waals surface area contributed by atoms with Crippen molar-refractivity contribution in [3.05, 3.63) is 0 Å². The zero-order valence-corrected chi connectivity index (χ0v) is 10.6. The summed E-state index contributed by atoms with van der Waals surface area (Å²) in [6, 6.07) is 0. The van der Waals surface area contributed by atoms with Gasteiger partial charge in [0.2, 0.25) is 0 Å². The van der Waals surface area contributed by atoms with Gasteiger partial charge in [0.15, 0.2) is 0 Å². The Hall–Kier alpha value is -0.160. The molecule has 0 amide bonds. The quantitative estimate of drug-likeness (QED) is 0.565. The van der Waals surface area contributed by atoms with Crippen molar-refractivity contribution >= 4 is 0 Å². The van der Waals surface area contributed by atoms with Gasteiger partial charge >= 0.3 is 0 Å². The van der Waals surface area contributed by atoms with E-state index in [1.54, 1.807) is 0 Å². The highest BCUT2D eigenvalue weighted by atomic mass is 16.5. The van der Waals surface area contributed by atoms with Crippen LogP contribution < -0.4 is 5.73 Å². The van der Waals surface area contributed by atoms with Gasteiger partial charge in [-0.15, -0.1) is 0 Å². The minimum absolute atomic E-state index is 0.0407. The van der Waals surface area contributed by atoms with Crippen LogP contribution >= 0.6 is 0 Å². The molecule has 0 aromatic rings. The molecule has 1 aliphatic carbocycles. The molecule has 0 aliphatic heterocycles. The lowest BCUT2D eigenvalue weighted by Gasteiger charge is -2.25. The van der Waals surface area contributed by atoms with E-state index < -0.39 is 5.54 Å². The molecule has 1 saturated carbocycles. The number of nitrogens with zero attached hydrogens (tertiary/aromatic N) is 1. The molecule has 4 nitrogen and oxygen atoms in total. The fourth-order valence-electron chi connectivity index (χ4n) is 1.39. The predicted molar refractivity (Wildman–Crippen MR) is 65.3 cm³/mol. The standard InChI is InChI=1S/C12H26N2O2/c1-12(13,10-15)5-6-14(2)7-8-16-9-11-3-4-11/h11,15H,3-10,13H2,1-2H3. The van der Waals surface area contributed by atoms with Crippen LogP contribution in [0.3, 0.4) is 0 Å². The van der Waals surface area contributed by atoms with E-state index in [1.807, 2.05) is 6.92 Å². The highest BCUT2D eigenvalue weighted by molar-refractivity contribution is 4.78. The van der Waals surface area contributed by atoms with Crippen LogP contribution in [0.5, 0.6) is 0 Å². The molecule has 1 aliphatic rings. The molecule has 3 N–H and O–H groups in total. The molecule has 1 rings (SSSR count). The summed E-state index contributed by atoms with van der Waals surface area (Å²) in [5, 5.41) is 9.02. The second-order valence-electron chi connectivity index (χ2n) is 5.38. The molecule has 1 fully saturated rings. The van der Waals surface area contributed by atoms with Gasteiger partial charge in [-0.1, -0.05) is 0 Å². The van der Waals surface area contributed by atoms with Crippen LogP contribution in [0.2, 0.25) is 0 Å². The normalized spacial score (nSPS) is 20.1. The maximum absolute atomic E-state index is 9.02. The summed E-state index contributed by atoms with van der Waals surface area (Å²) in [7, 11) is 2.06. The molecule has 1 unspecified atom stereocenters. The Labute approximate surface area is 98.8 Å². The molecule has 0 radical (unpaired) electrons. The molecule has 0 spiro atoms. The zero-order chi connectivity index (χ0) is 12.0. The van der Waals surface area contributed by atoms with Gasteiger partial charge in [-0.25, -0.2) is 0 Å². The molecule has 0 aromatic heterocycles. The van der Waals surface area contributed by atoms with Crippen LogP contribution in [-0.4, -0.2) is 55.5 Å².